The minimum atomic E-state index is -0.775. The largest absolute Gasteiger partial charge is 0.481 e. The number of aliphatic carboxylic acids is 1. The van der Waals surface area contributed by atoms with Crippen molar-refractivity contribution in [2.24, 2.45) is 5.92 Å². The number of hydrogen-bond acceptors (Lipinski definition) is 2. The molecule has 1 heterocycles. The maximum Gasteiger partial charge on any atom is 0.308 e. The van der Waals surface area contributed by atoms with Crippen molar-refractivity contribution in [3.63, 3.8) is 0 Å². The molecule has 4 nitrogen and oxygen atoms in total. The molecule has 0 bridgehead atoms. The number of hydrogen-bond donors (Lipinski definition) is 1. The van der Waals surface area contributed by atoms with E-state index in [0.29, 0.717) is 19.4 Å². The third-order valence-corrected chi connectivity index (χ3v) is 2.87. The van der Waals surface area contributed by atoms with Crippen molar-refractivity contribution >= 4 is 11.9 Å². The lowest BCUT2D eigenvalue weighted by atomic mass is 9.98. The topological polar surface area (TPSA) is 57.6 Å². The average Bonchev–Trinajstić information content (AvgIpc) is 2.26. The number of piperidine rings is 1. The molecule has 0 saturated carbocycles. The number of carboxylic acid groups (broad SMARTS) is 1. The van der Waals surface area contributed by atoms with Crippen molar-refractivity contribution < 1.29 is 14.7 Å². The molecule has 0 aliphatic carbocycles. The Bertz CT molecular complexity index is 240. The minimum Gasteiger partial charge on any atom is -0.481 e. The molecule has 86 valence electrons. The molecular weight excluding hydrogens is 194 g/mol. The fraction of sp³-hybridized carbons (Fsp3) is 0.818. The predicted molar refractivity (Wildman–Crippen MR) is 56.5 cm³/mol. The summed E-state index contributed by atoms with van der Waals surface area (Å²) in [7, 11) is 0. The third-order valence-electron chi connectivity index (χ3n) is 2.87. The van der Waals surface area contributed by atoms with Crippen molar-refractivity contribution in [3.8, 4) is 0 Å². The number of carbonyl (C=O) groups is 2. The van der Waals surface area contributed by atoms with Crippen LogP contribution in [0.15, 0.2) is 0 Å². The van der Waals surface area contributed by atoms with Crippen molar-refractivity contribution in [1.82, 2.24) is 4.90 Å². The quantitative estimate of drug-likeness (QED) is 0.770. The molecular formula is C11H19NO3. The van der Waals surface area contributed by atoms with Gasteiger partial charge >= 0.3 is 5.97 Å². The number of carbonyl (C=O) groups excluding carboxylic acids is 1. The molecule has 1 unspecified atom stereocenters. The average molecular weight is 213 g/mol. The van der Waals surface area contributed by atoms with Crippen LogP contribution in [0, 0.1) is 5.92 Å². The van der Waals surface area contributed by atoms with Crippen LogP contribution >= 0.6 is 0 Å². The second-order valence-electron chi connectivity index (χ2n) is 4.12. The van der Waals surface area contributed by atoms with E-state index in [1.54, 1.807) is 4.90 Å². The smallest absolute Gasteiger partial charge is 0.308 e. The monoisotopic (exact) mass is 213 g/mol. The molecule has 0 aromatic heterocycles. The van der Waals surface area contributed by atoms with Crippen LogP contribution in [0.3, 0.4) is 0 Å². The van der Waals surface area contributed by atoms with Crippen LogP contribution in [0.2, 0.25) is 0 Å². The summed E-state index contributed by atoms with van der Waals surface area (Å²) < 4.78 is 0. The van der Waals surface area contributed by atoms with Gasteiger partial charge in [-0.25, -0.2) is 0 Å². The first-order chi connectivity index (χ1) is 7.15. The summed E-state index contributed by atoms with van der Waals surface area (Å²) in [5.74, 6) is -1.02. The van der Waals surface area contributed by atoms with E-state index in [9.17, 15) is 9.59 Å². The molecule has 1 saturated heterocycles. The number of nitrogens with zero attached hydrogens (tertiary/aromatic N) is 1. The molecule has 1 aliphatic heterocycles. The van der Waals surface area contributed by atoms with E-state index >= 15 is 0 Å². The number of rotatable bonds is 4. The molecule has 15 heavy (non-hydrogen) atoms. The summed E-state index contributed by atoms with van der Waals surface area (Å²) in [5.41, 5.74) is 0. The highest BCUT2D eigenvalue weighted by Gasteiger charge is 2.27. The Hall–Kier alpha value is -1.06. The third kappa shape index (κ3) is 3.53. The van der Waals surface area contributed by atoms with E-state index in [-0.39, 0.29) is 11.8 Å². The predicted octanol–water partition coefficient (Wildman–Crippen LogP) is 1.50. The van der Waals surface area contributed by atoms with Gasteiger partial charge in [-0.1, -0.05) is 13.3 Å². The van der Waals surface area contributed by atoms with Crippen molar-refractivity contribution in [3.05, 3.63) is 0 Å². The van der Waals surface area contributed by atoms with Gasteiger partial charge in [-0.3, -0.25) is 9.59 Å². The van der Waals surface area contributed by atoms with Crippen LogP contribution in [0.4, 0.5) is 0 Å². The van der Waals surface area contributed by atoms with E-state index in [4.69, 9.17) is 5.11 Å². The first kappa shape index (κ1) is 12.0. The summed E-state index contributed by atoms with van der Waals surface area (Å²) in [6.07, 6.45) is 3.97. The summed E-state index contributed by atoms with van der Waals surface area (Å²) >= 11 is 0. The lowest BCUT2D eigenvalue weighted by Crippen LogP contribution is -2.42. The first-order valence-electron chi connectivity index (χ1n) is 5.65. The van der Waals surface area contributed by atoms with Gasteiger partial charge in [-0.15, -0.1) is 0 Å². The van der Waals surface area contributed by atoms with Gasteiger partial charge in [0.15, 0.2) is 0 Å². The Morgan fingerprint density at radius 1 is 1.47 bits per heavy atom. The van der Waals surface area contributed by atoms with E-state index < -0.39 is 5.97 Å². The van der Waals surface area contributed by atoms with Gasteiger partial charge in [-0.05, 0) is 19.3 Å². The Morgan fingerprint density at radius 2 is 2.20 bits per heavy atom. The number of carboxylic acids is 1. The lowest BCUT2D eigenvalue weighted by Gasteiger charge is -2.30. The Labute approximate surface area is 90.3 Å². The van der Waals surface area contributed by atoms with Crippen molar-refractivity contribution in [1.29, 1.82) is 0 Å². The van der Waals surface area contributed by atoms with Gasteiger partial charge in [0.1, 0.15) is 0 Å². The Morgan fingerprint density at radius 3 is 2.80 bits per heavy atom. The molecule has 1 N–H and O–H groups in total. The van der Waals surface area contributed by atoms with Gasteiger partial charge in [-0.2, -0.15) is 0 Å². The van der Waals surface area contributed by atoms with Crippen LogP contribution in [-0.2, 0) is 9.59 Å². The second kappa shape index (κ2) is 5.73. The zero-order valence-corrected chi connectivity index (χ0v) is 9.24. The summed E-state index contributed by atoms with van der Waals surface area (Å²) in [5, 5.41) is 8.88. The minimum absolute atomic E-state index is 0.114. The highest BCUT2D eigenvalue weighted by molar-refractivity contribution is 5.77. The highest BCUT2D eigenvalue weighted by atomic mass is 16.4. The van der Waals surface area contributed by atoms with Gasteiger partial charge in [0.05, 0.1) is 5.92 Å². The van der Waals surface area contributed by atoms with Crippen LogP contribution < -0.4 is 0 Å². The molecule has 0 spiro atoms. The normalized spacial score (nSPS) is 21.4. The summed E-state index contributed by atoms with van der Waals surface area (Å²) in [6, 6.07) is 0. The maximum atomic E-state index is 11.7. The Balaban J connectivity index is 2.41. The summed E-state index contributed by atoms with van der Waals surface area (Å²) in [6.45, 7) is 3.17. The first-order valence-corrected chi connectivity index (χ1v) is 5.65. The van der Waals surface area contributed by atoms with Gasteiger partial charge < -0.3 is 10.0 Å². The molecule has 4 heteroatoms. The van der Waals surface area contributed by atoms with Crippen LogP contribution in [0.5, 0.6) is 0 Å². The molecule has 0 aromatic carbocycles. The molecule has 0 aromatic rings. The van der Waals surface area contributed by atoms with Gasteiger partial charge in [0.2, 0.25) is 5.91 Å². The van der Waals surface area contributed by atoms with Crippen LogP contribution in [-0.4, -0.2) is 35.0 Å². The highest BCUT2D eigenvalue weighted by Crippen LogP contribution is 2.17. The Kier molecular flexibility index (Phi) is 4.59. The molecule has 1 rings (SSSR count). The van der Waals surface area contributed by atoms with Crippen LogP contribution in [0.1, 0.15) is 39.0 Å². The van der Waals surface area contributed by atoms with E-state index in [1.165, 1.54) is 0 Å². The van der Waals surface area contributed by atoms with Crippen molar-refractivity contribution in [2.45, 2.75) is 39.0 Å². The van der Waals surface area contributed by atoms with E-state index in [2.05, 4.69) is 0 Å². The zero-order chi connectivity index (χ0) is 11.3. The molecule has 1 aliphatic rings. The van der Waals surface area contributed by atoms with Gasteiger partial charge in [0.25, 0.3) is 0 Å². The second-order valence-corrected chi connectivity index (χ2v) is 4.12. The number of likely N-dealkylation sites (tertiary alicyclic amines) is 1. The van der Waals surface area contributed by atoms with Crippen LogP contribution in [0.25, 0.3) is 0 Å². The number of unbranched alkanes of at least 4 members (excludes halogenated alkanes) is 1. The fourth-order valence-corrected chi connectivity index (χ4v) is 1.89. The van der Waals surface area contributed by atoms with Gasteiger partial charge in [0, 0.05) is 19.5 Å². The van der Waals surface area contributed by atoms with Crippen molar-refractivity contribution in [2.75, 3.05) is 13.1 Å². The molecule has 1 atom stereocenters. The van der Waals surface area contributed by atoms with E-state index in [1.807, 2.05) is 6.92 Å². The maximum absolute atomic E-state index is 11.7. The SMILES string of the molecule is CCCCC(=O)N1CCCC(C(=O)O)C1. The lowest BCUT2D eigenvalue weighted by molar-refractivity contribution is -0.145. The zero-order valence-electron chi connectivity index (χ0n) is 9.24. The fourth-order valence-electron chi connectivity index (χ4n) is 1.89. The number of amides is 1. The van der Waals surface area contributed by atoms with E-state index in [0.717, 1.165) is 25.8 Å². The standard InChI is InChI=1S/C11H19NO3/c1-2-3-6-10(13)12-7-4-5-9(8-12)11(14)15/h9H,2-8H2,1H3,(H,14,15). The molecule has 1 amide bonds. The summed E-state index contributed by atoms with van der Waals surface area (Å²) in [4.78, 5) is 24.2. The molecule has 0 radical (unpaired) electrons. The molecule has 1 fully saturated rings.